The monoisotopic (exact) mass is 466 g/mol. The van der Waals surface area contributed by atoms with Gasteiger partial charge >= 0.3 is 0 Å². The minimum atomic E-state index is -0.577. The lowest BCUT2D eigenvalue weighted by atomic mass is 10.1. The molecule has 2 aromatic rings. The van der Waals surface area contributed by atoms with Gasteiger partial charge in [0.1, 0.15) is 12.3 Å². The Morgan fingerprint density at radius 1 is 1.18 bits per heavy atom. The number of carbonyl (C=O) groups is 3. The second kappa shape index (κ2) is 8.70. The molecule has 9 heteroatoms. The van der Waals surface area contributed by atoms with E-state index in [9.17, 15) is 14.4 Å². The van der Waals surface area contributed by atoms with E-state index in [1.165, 1.54) is 22.6 Å². The third-order valence-electron chi connectivity index (χ3n) is 6.06. The number of hydrogen-bond donors (Lipinski definition) is 0. The van der Waals surface area contributed by atoms with Crippen LogP contribution in [0.1, 0.15) is 35.2 Å². The lowest BCUT2D eigenvalue weighted by molar-refractivity contribution is -0.129. The minimum absolute atomic E-state index is 0.0421. The summed E-state index contributed by atoms with van der Waals surface area (Å²) in [6.45, 7) is 0.957. The maximum Gasteiger partial charge on any atom is 0.268 e. The van der Waals surface area contributed by atoms with Crippen LogP contribution >= 0.6 is 11.8 Å². The van der Waals surface area contributed by atoms with E-state index in [1.807, 2.05) is 24.3 Å². The fourth-order valence-electron chi connectivity index (χ4n) is 4.00. The predicted octanol–water partition coefficient (Wildman–Crippen LogP) is 2.56. The predicted molar refractivity (Wildman–Crippen MR) is 124 cm³/mol. The van der Waals surface area contributed by atoms with Crippen LogP contribution in [0.2, 0.25) is 0 Å². The first-order chi connectivity index (χ1) is 15.9. The summed E-state index contributed by atoms with van der Waals surface area (Å²) < 4.78 is 5.93. The van der Waals surface area contributed by atoms with E-state index in [0.29, 0.717) is 41.8 Å². The van der Waals surface area contributed by atoms with E-state index < -0.39 is 6.10 Å². The lowest BCUT2D eigenvalue weighted by Crippen LogP contribution is -2.36. The van der Waals surface area contributed by atoms with Gasteiger partial charge in [-0.15, -0.1) is 11.8 Å². The van der Waals surface area contributed by atoms with E-state index in [-0.39, 0.29) is 24.3 Å². The smallest absolute Gasteiger partial charge is 0.268 e. The molecule has 1 aromatic heterocycles. The Morgan fingerprint density at radius 2 is 2.00 bits per heavy atom. The molecule has 33 heavy (non-hydrogen) atoms. The molecule has 1 saturated heterocycles. The van der Waals surface area contributed by atoms with Crippen LogP contribution in [0, 0.1) is 0 Å². The Labute approximate surface area is 196 Å². The van der Waals surface area contributed by atoms with E-state index in [1.54, 1.807) is 43.0 Å². The number of anilines is 1. The highest BCUT2D eigenvalue weighted by Crippen LogP contribution is 2.38. The first kappa shape index (κ1) is 21.8. The number of carbonyl (C=O) groups excluding carboxylic acids is 3. The number of benzene rings is 1. The van der Waals surface area contributed by atoms with Gasteiger partial charge in [-0.25, -0.2) is 4.98 Å². The number of ether oxygens (including phenoxy) is 1. The topological polar surface area (TPSA) is 83.1 Å². The SMILES string of the molecule is CN(C)C(=O)CN1Cc2ccc(N3CC[C@@H](Oc4ccc(SC5CC5)nc4)C3=O)cc2C1=O. The van der Waals surface area contributed by atoms with Crippen molar-refractivity contribution in [2.45, 2.75) is 42.2 Å². The summed E-state index contributed by atoms with van der Waals surface area (Å²) in [4.78, 5) is 47.0. The van der Waals surface area contributed by atoms with E-state index in [4.69, 9.17) is 4.74 Å². The van der Waals surface area contributed by atoms with Crippen LogP contribution in [0.4, 0.5) is 5.69 Å². The number of likely N-dealkylation sites (N-methyl/N-ethyl adjacent to an activating group) is 1. The lowest BCUT2D eigenvalue weighted by Gasteiger charge is -2.18. The van der Waals surface area contributed by atoms with Gasteiger partial charge in [0.25, 0.3) is 11.8 Å². The number of pyridine rings is 1. The Kier molecular flexibility index (Phi) is 5.74. The zero-order chi connectivity index (χ0) is 23.1. The maximum absolute atomic E-state index is 13.0. The Morgan fingerprint density at radius 3 is 2.70 bits per heavy atom. The van der Waals surface area contributed by atoms with Crippen molar-refractivity contribution in [3.63, 3.8) is 0 Å². The molecule has 172 valence electrons. The van der Waals surface area contributed by atoms with E-state index >= 15 is 0 Å². The van der Waals surface area contributed by atoms with Gasteiger partial charge in [0.15, 0.2) is 6.10 Å². The molecular formula is C24H26N4O4S. The van der Waals surface area contributed by atoms with Crippen LogP contribution < -0.4 is 9.64 Å². The van der Waals surface area contributed by atoms with Gasteiger partial charge in [0, 0.05) is 50.1 Å². The summed E-state index contributed by atoms with van der Waals surface area (Å²) >= 11 is 1.78. The molecule has 1 aromatic carbocycles. The summed E-state index contributed by atoms with van der Waals surface area (Å²) in [6.07, 6.45) is 4.16. The van der Waals surface area contributed by atoms with Crippen LogP contribution in [0.25, 0.3) is 0 Å². The highest BCUT2D eigenvalue weighted by atomic mass is 32.2. The summed E-state index contributed by atoms with van der Waals surface area (Å²) in [6, 6.07) is 9.28. The van der Waals surface area contributed by atoms with Crippen molar-refractivity contribution in [2.24, 2.45) is 0 Å². The van der Waals surface area contributed by atoms with Gasteiger partial charge in [-0.05, 0) is 42.7 Å². The van der Waals surface area contributed by atoms with Gasteiger partial charge in [-0.1, -0.05) is 6.07 Å². The number of rotatable bonds is 7. The molecule has 1 atom stereocenters. The number of hydrogen-bond acceptors (Lipinski definition) is 6. The van der Waals surface area contributed by atoms with Gasteiger partial charge in [0.2, 0.25) is 5.91 Å². The maximum atomic E-state index is 13.0. The molecule has 0 N–H and O–H groups in total. The van der Waals surface area contributed by atoms with Gasteiger partial charge in [-0.3, -0.25) is 14.4 Å². The number of fused-ring (bicyclic) bond motifs is 1. The molecule has 3 aliphatic rings. The van der Waals surface area contributed by atoms with E-state index in [2.05, 4.69) is 4.98 Å². The molecule has 1 aliphatic carbocycles. The van der Waals surface area contributed by atoms with Crippen molar-refractivity contribution in [1.82, 2.24) is 14.8 Å². The van der Waals surface area contributed by atoms with Crippen LogP contribution in [-0.2, 0) is 16.1 Å². The highest BCUT2D eigenvalue weighted by molar-refractivity contribution is 8.00. The second-order valence-corrected chi connectivity index (χ2v) is 10.1. The van der Waals surface area contributed by atoms with Gasteiger partial charge in [-0.2, -0.15) is 0 Å². The van der Waals surface area contributed by atoms with Gasteiger partial charge < -0.3 is 19.4 Å². The molecule has 2 aliphatic heterocycles. The summed E-state index contributed by atoms with van der Waals surface area (Å²) in [7, 11) is 3.34. The summed E-state index contributed by atoms with van der Waals surface area (Å²) in [5, 5.41) is 1.67. The zero-order valence-electron chi connectivity index (χ0n) is 18.7. The number of amides is 3. The zero-order valence-corrected chi connectivity index (χ0v) is 19.5. The molecule has 0 bridgehead atoms. The second-order valence-electron chi connectivity index (χ2n) is 8.83. The van der Waals surface area contributed by atoms with E-state index in [0.717, 1.165) is 10.6 Å². The molecule has 2 fully saturated rings. The molecule has 5 rings (SSSR count). The molecule has 8 nitrogen and oxygen atoms in total. The van der Waals surface area contributed by atoms with Crippen molar-refractivity contribution in [3.05, 3.63) is 47.7 Å². The number of thioether (sulfide) groups is 1. The number of aromatic nitrogens is 1. The molecule has 0 unspecified atom stereocenters. The number of nitrogens with zero attached hydrogens (tertiary/aromatic N) is 4. The average Bonchev–Trinajstić information content (AvgIpc) is 3.48. The molecule has 0 radical (unpaired) electrons. The van der Waals surface area contributed by atoms with Crippen LogP contribution in [0.3, 0.4) is 0 Å². The largest absolute Gasteiger partial charge is 0.479 e. The van der Waals surface area contributed by atoms with Crippen molar-refractivity contribution in [3.8, 4) is 5.75 Å². The molecule has 3 amide bonds. The van der Waals surface area contributed by atoms with Crippen molar-refractivity contribution >= 4 is 35.2 Å². The van der Waals surface area contributed by atoms with Crippen LogP contribution in [0.15, 0.2) is 41.6 Å². The highest BCUT2D eigenvalue weighted by Gasteiger charge is 2.36. The fourth-order valence-corrected chi connectivity index (χ4v) is 4.97. The van der Waals surface area contributed by atoms with Gasteiger partial charge in [0.05, 0.1) is 11.2 Å². The standard InChI is InChI=1S/C24H26N4O4S/c1-26(2)22(29)14-27-13-15-3-4-16(11-19(15)23(27)30)28-10-9-20(24(28)31)32-17-5-8-21(25-12-17)33-18-6-7-18/h3-5,8,11-12,18,20H,6-7,9-10,13-14H2,1-2H3/t20-/m1/s1. The van der Waals surface area contributed by atoms with Crippen LogP contribution in [0.5, 0.6) is 5.75 Å². The van der Waals surface area contributed by atoms with Crippen molar-refractivity contribution in [1.29, 1.82) is 0 Å². The first-order valence-electron chi connectivity index (χ1n) is 11.1. The quantitative estimate of drug-likeness (QED) is 0.624. The third-order valence-corrected chi connectivity index (χ3v) is 7.35. The normalized spacial score (nSPS) is 19.8. The average molecular weight is 467 g/mol. The third kappa shape index (κ3) is 4.55. The Balaban J connectivity index is 1.24. The summed E-state index contributed by atoms with van der Waals surface area (Å²) in [5.41, 5.74) is 2.09. The molecular weight excluding hydrogens is 440 g/mol. The van der Waals surface area contributed by atoms with Crippen molar-refractivity contribution < 1.29 is 19.1 Å². The summed E-state index contributed by atoms with van der Waals surface area (Å²) in [5.74, 6) is 0.147. The molecule has 0 spiro atoms. The minimum Gasteiger partial charge on any atom is -0.479 e. The molecule has 3 heterocycles. The van der Waals surface area contributed by atoms with Crippen LogP contribution in [-0.4, -0.2) is 71.0 Å². The fraction of sp³-hybridized carbons (Fsp3) is 0.417. The van der Waals surface area contributed by atoms with Crippen molar-refractivity contribution in [2.75, 3.05) is 32.1 Å². The Hall–Kier alpha value is -3.07. The first-order valence-corrected chi connectivity index (χ1v) is 12.0. The Bertz CT molecular complexity index is 1100. The molecule has 1 saturated carbocycles.